The maximum Gasteiger partial charge on any atom is 0.274 e. The molecule has 1 aromatic carbocycles. The Morgan fingerprint density at radius 1 is 1.29 bits per heavy atom. The number of carbonyl (C=O) groups is 2. The number of halogens is 3. The van der Waals surface area contributed by atoms with Gasteiger partial charge >= 0.3 is 0 Å². The van der Waals surface area contributed by atoms with Crippen LogP contribution in [0, 0.1) is 15.2 Å². The molecule has 0 spiro atoms. The molecule has 0 bridgehead atoms. The quantitative estimate of drug-likeness (QED) is 0.331. The van der Waals surface area contributed by atoms with Gasteiger partial charge in [-0.1, -0.05) is 6.92 Å². The summed E-state index contributed by atoms with van der Waals surface area (Å²) in [6, 6.07) is 1.77. The van der Waals surface area contributed by atoms with E-state index in [2.05, 4.69) is 10.6 Å². The number of benzene rings is 1. The molecule has 3 heterocycles. The van der Waals surface area contributed by atoms with E-state index < -0.39 is 23.6 Å². The standard InChI is InChI=1S/C23H27F2IN4O4/c1-4-27-16-7-12-10-29(5-2)23(33)19-21(34-3)20(31)17(18(16)30(12)19)22(32)28-9-11-6-15(26)14(25)8-13(11)24/h6,8,12,16,20,27,31H,4-5,7,9-10H2,1-3H3,(H,28,32)/t12-,16?,20?/m1/s1. The summed E-state index contributed by atoms with van der Waals surface area (Å²) in [4.78, 5) is 30.1. The Morgan fingerprint density at radius 3 is 2.68 bits per heavy atom. The van der Waals surface area contributed by atoms with Gasteiger partial charge in [0.15, 0.2) is 5.76 Å². The number of rotatable bonds is 7. The fourth-order valence-corrected chi connectivity index (χ4v) is 5.49. The number of aliphatic hydroxyl groups is 1. The molecule has 2 unspecified atom stereocenters. The van der Waals surface area contributed by atoms with Gasteiger partial charge in [-0.3, -0.25) is 9.59 Å². The molecule has 0 aromatic heterocycles. The van der Waals surface area contributed by atoms with Crippen molar-refractivity contribution >= 4 is 34.4 Å². The van der Waals surface area contributed by atoms with Gasteiger partial charge < -0.3 is 30.3 Å². The maximum absolute atomic E-state index is 14.2. The molecule has 34 heavy (non-hydrogen) atoms. The lowest BCUT2D eigenvalue weighted by Gasteiger charge is -2.44. The lowest BCUT2D eigenvalue weighted by Crippen LogP contribution is -2.55. The predicted molar refractivity (Wildman–Crippen MR) is 128 cm³/mol. The number of carbonyl (C=O) groups excluding carboxylic acids is 2. The first kappa shape index (κ1) is 24.9. The van der Waals surface area contributed by atoms with Crippen molar-refractivity contribution in [1.29, 1.82) is 0 Å². The summed E-state index contributed by atoms with van der Waals surface area (Å²) in [5, 5.41) is 17.2. The second-order valence-corrected chi connectivity index (χ2v) is 9.53. The highest BCUT2D eigenvalue weighted by Crippen LogP contribution is 2.44. The van der Waals surface area contributed by atoms with Gasteiger partial charge in [0.05, 0.1) is 24.8 Å². The van der Waals surface area contributed by atoms with E-state index in [1.165, 1.54) is 13.2 Å². The first-order valence-electron chi connectivity index (χ1n) is 11.2. The van der Waals surface area contributed by atoms with E-state index in [-0.39, 0.29) is 50.7 Å². The third-order valence-electron chi connectivity index (χ3n) is 6.48. The monoisotopic (exact) mass is 588 g/mol. The van der Waals surface area contributed by atoms with Crippen molar-refractivity contribution in [3.05, 3.63) is 55.6 Å². The highest BCUT2D eigenvalue weighted by Gasteiger charge is 2.53. The van der Waals surface area contributed by atoms with Crippen molar-refractivity contribution in [3.63, 3.8) is 0 Å². The molecule has 0 saturated carbocycles. The number of likely N-dealkylation sites (N-methyl/N-ethyl adjacent to an activating group) is 2. The van der Waals surface area contributed by atoms with E-state index in [9.17, 15) is 23.5 Å². The summed E-state index contributed by atoms with van der Waals surface area (Å²) in [5.74, 6) is -2.30. The van der Waals surface area contributed by atoms with Crippen molar-refractivity contribution in [2.45, 2.75) is 45.0 Å². The fourth-order valence-electron chi connectivity index (χ4n) is 4.96. The van der Waals surface area contributed by atoms with Crippen molar-refractivity contribution in [2.75, 3.05) is 26.7 Å². The predicted octanol–water partition coefficient (Wildman–Crippen LogP) is 1.59. The molecule has 3 aliphatic heterocycles. The molecule has 3 aliphatic rings. The van der Waals surface area contributed by atoms with Crippen LogP contribution < -0.4 is 10.6 Å². The molecule has 2 amide bonds. The number of ether oxygens (including phenoxy) is 1. The van der Waals surface area contributed by atoms with Crippen molar-refractivity contribution in [3.8, 4) is 0 Å². The van der Waals surface area contributed by atoms with Crippen LogP contribution in [-0.4, -0.2) is 71.7 Å². The van der Waals surface area contributed by atoms with Crippen molar-refractivity contribution in [2.24, 2.45) is 0 Å². The molecule has 4 rings (SSSR count). The minimum Gasteiger partial charge on any atom is -0.496 e. The van der Waals surface area contributed by atoms with E-state index in [0.29, 0.717) is 31.8 Å². The molecule has 11 heteroatoms. The molecule has 0 aliphatic carbocycles. The smallest absolute Gasteiger partial charge is 0.274 e. The van der Waals surface area contributed by atoms with Crippen molar-refractivity contribution in [1.82, 2.24) is 20.4 Å². The molecule has 3 atom stereocenters. The molecule has 8 nitrogen and oxygen atoms in total. The zero-order chi connectivity index (χ0) is 24.7. The first-order valence-corrected chi connectivity index (χ1v) is 12.2. The van der Waals surface area contributed by atoms with Gasteiger partial charge in [-0.2, -0.15) is 0 Å². The van der Waals surface area contributed by atoms with Crippen LogP contribution in [0.25, 0.3) is 0 Å². The Kier molecular flexibility index (Phi) is 7.15. The third-order valence-corrected chi connectivity index (χ3v) is 7.31. The molecule has 184 valence electrons. The number of aliphatic hydroxyl groups excluding tert-OH is 1. The molecular formula is C23H27F2IN4O4. The van der Waals surface area contributed by atoms with Gasteiger partial charge in [-0.05, 0) is 48.5 Å². The lowest BCUT2D eigenvalue weighted by molar-refractivity contribution is -0.133. The number of hydrogen-bond acceptors (Lipinski definition) is 6. The van der Waals surface area contributed by atoms with Gasteiger partial charge in [0, 0.05) is 40.5 Å². The van der Waals surface area contributed by atoms with Crippen LogP contribution in [0.2, 0.25) is 0 Å². The third kappa shape index (κ3) is 4.07. The second-order valence-electron chi connectivity index (χ2n) is 8.37. The SMILES string of the molecule is CCNC1C[C@@H]2CN(CC)C(=O)C3=C(OC)C(O)C(C(=O)NCc4cc(I)c(F)cc4F)=C1N32. The van der Waals surface area contributed by atoms with Crippen LogP contribution in [-0.2, 0) is 20.9 Å². The molecule has 1 aromatic rings. The van der Waals surface area contributed by atoms with Crippen LogP contribution in [0.3, 0.4) is 0 Å². The largest absolute Gasteiger partial charge is 0.496 e. The number of nitrogens with zero attached hydrogens (tertiary/aromatic N) is 2. The van der Waals surface area contributed by atoms with E-state index in [1.807, 2.05) is 18.7 Å². The van der Waals surface area contributed by atoms with E-state index in [1.54, 1.807) is 27.5 Å². The summed E-state index contributed by atoms with van der Waals surface area (Å²) in [7, 11) is 1.35. The second kappa shape index (κ2) is 9.78. The van der Waals surface area contributed by atoms with Crippen LogP contribution >= 0.6 is 22.6 Å². The fraction of sp³-hybridized carbons (Fsp3) is 0.478. The van der Waals surface area contributed by atoms with Gasteiger partial charge in [0.25, 0.3) is 11.8 Å². The number of amides is 2. The molecule has 3 N–H and O–H groups in total. The van der Waals surface area contributed by atoms with Crippen molar-refractivity contribution < 1.29 is 28.2 Å². The minimum absolute atomic E-state index is 0.0155. The summed E-state index contributed by atoms with van der Waals surface area (Å²) in [6.07, 6.45) is -0.827. The van der Waals surface area contributed by atoms with Gasteiger partial charge in [0.1, 0.15) is 23.4 Å². The topological polar surface area (TPSA) is 94.1 Å². The molecule has 2 saturated heterocycles. The normalized spacial score (nSPS) is 24.1. The van der Waals surface area contributed by atoms with E-state index in [4.69, 9.17) is 4.74 Å². The summed E-state index contributed by atoms with van der Waals surface area (Å²) in [6.45, 7) is 5.27. The molecule has 2 fully saturated rings. The van der Waals surface area contributed by atoms with Crippen LogP contribution in [0.4, 0.5) is 8.78 Å². The zero-order valence-electron chi connectivity index (χ0n) is 19.1. The molecule has 0 radical (unpaired) electrons. The Balaban J connectivity index is 1.72. The highest BCUT2D eigenvalue weighted by atomic mass is 127. The minimum atomic E-state index is -1.47. The Hall–Kier alpha value is -2.25. The Bertz CT molecular complexity index is 1090. The number of piperazine rings is 1. The van der Waals surface area contributed by atoms with E-state index >= 15 is 0 Å². The zero-order valence-corrected chi connectivity index (χ0v) is 21.3. The van der Waals surface area contributed by atoms with Gasteiger partial charge in [-0.15, -0.1) is 0 Å². The average molecular weight is 588 g/mol. The summed E-state index contributed by atoms with van der Waals surface area (Å²) in [5.41, 5.74) is 0.964. The summed E-state index contributed by atoms with van der Waals surface area (Å²) >= 11 is 1.75. The average Bonchev–Trinajstić information content (AvgIpc) is 3.15. The maximum atomic E-state index is 14.2. The first-order chi connectivity index (χ1) is 16.2. The van der Waals surface area contributed by atoms with Crippen LogP contribution in [0.15, 0.2) is 34.9 Å². The van der Waals surface area contributed by atoms with Gasteiger partial charge in [-0.25, -0.2) is 8.78 Å². The van der Waals surface area contributed by atoms with Crippen LogP contribution in [0.1, 0.15) is 25.8 Å². The lowest BCUT2D eigenvalue weighted by atomic mass is 9.95. The highest BCUT2D eigenvalue weighted by molar-refractivity contribution is 14.1. The van der Waals surface area contributed by atoms with Gasteiger partial charge in [0.2, 0.25) is 0 Å². The Labute approximate surface area is 210 Å². The Morgan fingerprint density at radius 2 is 2.03 bits per heavy atom. The van der Waals surface area contributed by atoms with E-state index in [0.717, 1.165) is 6.07 Å². The molecular weight excluding hydrogens is 561 g/mol. The number of nitrogens with one attached hydrogen (secondary N) is 2. The summed E-state index contributed by atoms with van der Waals surface area (Å²) < 4.78 is 33.5. The van der Waals surface area contributed by atoms with Crippen LogP contribution in [0.5, 0.6) is 0 Å². The number of methoxy groups -OCH3 is 1. The number of hydrogen-bond donors (Lipinski definition) is 3.